The van der Waals surface area contributed by atoms with Gasteiger partial charge in [0.05, 0.1) is 6.20 Å². The summed E-state index contributed by atoms with van der Waals surface area (Å²) in [5, 5.41) is 7.20. The fraction of sp³-hybridized carbons (Fsp3) is 0.727. The van der Waals surface area contributed by atoms with Crippen molar-refractivity contribution in [1.82, 2.24) is 15.1 Å². The third kappa shape index (κ3) is 1.82. The molecule has 0 saturated carbocycles. The molecule has 78 valence electrons. The first-order valence-corrected chi connectivity index (χ1v) is 5.33. The first-order valence-electron chi connectivity index (χ1n) is 5.33. The van der Waals surface area contributed by atoms with Gasteiger partial charge in [0, 0.05) is 23.3 Å². The molecule has 1 aliphatic heterocycles. The molecule has 14 heavy (non-hydrogen) atoms. The Morgan fingerprint density at radius 1 is 1.43 bits per heavy atom. The molecular formula is C11H19N3. The maximum atomic E-state index is 4.11. The van der Waals surface area contributed by atoms with Gasteiger partial charge in [-0.3, -0.25) is 10.00 Å². The van der Waals surface area contributed by atoms with Crippen molar-refractivity contribution in [3.05, 3.63) is 17.5 Å². The summed E-state index contributed by atoms with van der Waals surface area (Å²) in [6, 6.07) is 0. The minimum Gasteiger partial charge on any atom is -0.294 e. The lowest BCUT2D eigenvalue weighted by molar-refractivity contribution is 0.130. The Bertz CT molecular complexity index is 309. The van der Waals surface area contributed by atoms with Crippen LogP contribution in [0.1, 0.15) is 38.4 Å². The summed E-state index contributed by atoms with van der Waals surface area (Å²) in [5.41, 5.74) is 2.97. The smallest absolute Gasteiger partial charge is 0.0535 e. The van der Waals surface area contributed by atoms with Crippen LogP contribution in [0.4, 0.5) is 0 Å². The summed E-state index contributed by atoms with van der Waals surface area (Å²) >= 11 is 0. The van der Waals surface area contributed by atoms with E-state index in [1.165, 1.54) is 24.2 Å². The molecule has 2 heterocycles. The molecule has 1 aliphatic rings. The summed E-state index contributed by atoms with van der Waals surface area (Å²) in [5.74, 6) is 0. The molecule has 1 N–H and O–H groups in total. The molecule has 0 fully saturated rings. The average Bonchev–Trinajstić information content (AvgIpc) is 2.41. The van der Waals surface area contributed by atoms with Crippen molar-refractivity contribution in [1.29, 1.82) is 0 Å². The number of aryl methyl sites for hydroxylation is 1. The van der Waals surface area contributed by atoms with Crippen LogP contribution in [0.15, 0.2) is 6.20 Å². The highest BCUT2D eigenvalue weighted by Gasteiger charge is 2.24. The van der Waals surface area contributed by atoms with Gasteiger partial charge in [0.1, 0.15) is 0 Å². The van der Waals surface area contributed by atoms with E-state index in [0.29, 0.717) is 0 Å². The fourth-order valence-corrected chi connectivity index (χ4v) is 1.99. The van der Waals surface area contributed by atoms with E-state index >= 15 is 0 Å². The normalized spacial score (nSPS) is 19.1. The molecule has 1 aromatic heterocycles. The van der Waals surface area contributed by atoms with E-state index in [0.717, 1.165) is 13.0 Å². The third-order valence-corrected chi connectivity index (χ3v) is 2.97. The topological polar surface area (TPSA) is 31.9 Å². The molecule has 0 bridgehead atoms. The third-order valence-electron chi connectivity index (χ3n) is 2.97. The summed E-state index contributed by atoms with van der Waals surface area (Å²) in [4.78, 5) is 2.52. The van der Waals surface area contributed by atoms with Crippen molar-refractivity contribution in [3.8, 4) is 0 Å². The highest BCUT2D eigenvalue weighted by molar-refractivity contribution is 5.18. The van der Waals surface area contributed by atoms with E-state index in [1.807, 2.05) is 6.20 Å². The number of hydrogen-bond acceptors (Lipinski definition) is 2. The first kappa shape index (κ1) is 9.71. The van der Waals surface area contributed by atoms with E-state index < -0.39 is 0 Å². The van der Waals surface area contributed by atoms with Crippen LogP contribution in [0.3, 0.4) is 0 Å². The Labute approximate surface area is 85.5 Å². The summed E-state index contributed by atoms with van der Waals surface area (Å²) in [7, 11) is 0. The van der Waals surface area contributed by atoms with Crippen LogP contribution in [-0.4, -0.2) is 27.2 Å². The van der Waals surface area contributed by atoms with Gasteiger partial charge in [-0.05, 0) is 40.2 Å². The minimum absolute atomic E-state index is 0.263. The zero-order chi connectivity index (χ0) is 10.2. The Morgan fingerprint density at radius 3 is 2.93 bits per heavy atom. The number of nitrogens with zero attached hydrogens (tertiary/aromatic N) is 2. The van der Waals surface area contributed by atoms with Gasteiger partial charge >= 0.3 is 0 Å². The van der Waals surface area contributed by atoms with Crippen LogP contribution in [0.5, 0.6) is 0 Å². The number of aromatic amines is 1. The molecule has 1 aromatic rings. The van der Waals surface area contributed by atoms with Gasteiger partial charge in [0.15, 0.2) is 0 Å². The van der Waals surface area contributed by atoms with Gasteiger partial charge in [-0.2, -0.15) is 5.10 Å². The Morgan fingerprint density at radius 2 is 2.21 bits per heavy atom. The van der Waals surface area contributed by atoms with Gasteiger partial charge in [0.25, 0.3) is 0 Å². The van der Waals surface area contributed by atoms with E-state index in [9.17, 15) is 0 Å². The molecule has 0 radical (unpaired) electrons. The van der Waals surface area contributed by atoms with Gasteiger partial charge < -0.3 is 0 Å². The van der Waals surface area contributed by atoms with Gasteiger partial charge in [-0.25, -0.2) is 0 Å². The van der Waals surface area contributed by atoms with Crippen LogP contribution in [0.25, 0.3) is 0 Å². The Balaban J connectivity index is 2.20. The van der Waals surface area contributed by atoms with Crippen molar-refractivity contribution >= 4 is 0 Å². The van der Waals surface area contributed by atoms with Crippen molar-refractivity contribution in [2.45, 2.75) is 45.7 Å². The summed E-state index contributed by atoms with van der Waals surface area (Å²) < 4.78 is 0. The fourth-order valence-electron chi connectivity index (χ4n) is 1.99. The van der Waals surface area contributed by atoms with Crippen molar-refractivity contribution in [3.63, 3.8) is 0 Å². The minimum atomic E-state index is 0.263. The number of nitrogens with one attached hydrogen (secondary N) is 1. The number of fused-ring (bicyclic) bond motifs is 1. The molecule has 0 aliphatic carbocycles. The maximum absolute atomic E-state index is 4.11. The monoisotopic (exact) mass is 193 g/mol. The highest BCUT2D eigenvalue weighted by atomic mass is 15.2. The quantitative estimate of drug-likeness (QED) is 0.683. The standard InChI is InChI=1S/C11H19N3/c1-11(2,3)14-6-4-5-10-9(8-14)7-12-13-10/h7H,4-6,8H2,1-3H3,(H,12,13). The van der Waals surface area contributed by atoms with Gasteiger partial charge in [0.2, 0.25) is 0 Å². The zero-order valence-corrected chi connectivity index (χ0v) is 9.30. The number of hydrogen-bond donors (Lipinski definition) is 1. The van der Waals surface area contributed by atoms with Crippen LogP contribution < -0.4 is 0 Å². The Kier molecular flexibility index (Phi) is 2.35. The second kappa shape index (κ2) is 3.39. The van der Waals surface area contributed by atoms with Crippen LogP contribution in [0, 0.1) is 0 Å². The summed E-state index contributed by atoms with van der Waals surface area (Å²) in [6.45, 7) is 9.05. The second-order valence-electron chi connectivity index (χ2n) is 5.07. The molecule has 2 rings (SSSR count). The molecule has 0 saturated heterocycles. The first-order chi connectivity index (χ1) is 6.57. The van der Waals surface area contributed by atoms with Gasteiger partial charge in [-0.15, -0.1) is 0 Å². The van der Waals surface area contributed by atoms with E-state index in [-0.39, 0.29) is 5.54 Å². The lowest BCUT2D eigenvalue weighted by atomic mass is 10.1. The molecule has 0 amide bonds. The zero-order valence-electron chi connectivity index (χ0n) is 9.30. The van der Waals surface area contributed by atoms with Crippen molar-refractivity contribution < 1.29 is 0 Å². The molecule has 0 spiro atoms. The molecular weight excluding hydrogens is 174 g/mol. The molecule has 3 nitrogen and oxygen atoms in total. The SMILES string of the molecule is CC(C)(C)N1CCCc2[nH]ncc2C1. The molecule has 0 unspecified atom stereocenters. The van der Waals surface area contributed by atoms with E-state index in [4.69, 9.17) is 0 Å². The van der Waals surface area contributed by atoms with Crippen molar-refractivity contribution in [2.24, 2.45) is 0 Å². The lowest BCUT2D eigenvalue weighted by Crippen LogP contribution is -2.40. The molecule has 0 atom stereocenters. The van der Waals surface area contributed by atoms with Crippen LogP contribution >= 0.6 is 0 Å². The maximum Gasteiger partial charge on any atom is 0.0535 e. The van der Waals surface area contributed by atoms with Crippen LogP contribution in [-0.2, 0) is 13.0 Å². The van der Waals surface area contributed by atoms with Crippen LogP contribution in [0.2, 0.25) is 0 Å². The number of aromatic nitrogens is 2. The Hall–Kier alpha value is -0.830. The predicted octanol–water partition coefficient (Wildman–Crippen LogP) is 1.96. The number of H-pyrrole nitrogens is 1. The van der Waals surface area contributed by atoms with Crippen molar-refractivity contribution in [2.75, 3.05) is 6.54 Å². The van der Waals surface area contributed by atoms with E-state index in [2.05, 4.69) is 35.9 Å². The molecule has 3 heteroatoms. The largest absolute Gasteiger partial charge is 0.294 e. The van der Waals surface area contributed by atoms with Gasteiger partial charge in [-0.1, -0.05) is 0 Å². The summed E-state index contributed by atoms with van der Waals surface area (Å²) in [6.07, 6.45) is 4.34. The highest BCUT2D eigenvalue weighted by Crippen LogP contribution is 2.22. The average molecular weight is 193 g/mol. The lowest BCUT2D eigenvalue weighted by Gasteiger charge is -2.34. The molecule has 0 aromatic carbocycles. The van der Waals surface area contributed by atoms with E-state index in [1.54, 1.807) is 0 Å². The number of rotatable bonds is 0. The predicted molar refractivity (Wildman–Crippen MR) is 57.1 cm³/mol. The second-order valence-corrected chi connectivity index (χ2v) is 5.07.